The van der Waals surface area contributed by atoms with Crippen molar-refractivity contribution in [2.24, 2.45) is 0 Å². The largest absolute Gasteiger partial charge is 0.309 e. The summed E-state index contributed by atoms with van der Waals surface area (Å²) < 4.78 is 2.40. The van der Waals surface area contributed by atoms with E-state index < -0.39 is 8.07 Å². The minimum Gasteiger partial charge on any atom is -0.309 e. The molecule has 0 spiro atoms. The van der Waals surface area contributed by atoms with Crippen molar-refractivity contribution in [3.63, 3.8) is 0 Å². The fourth-order valence-electron chi connectivity index (χ4n) is 10.8. The molecule has 0 saturated heterocycles. The van der Waals surface area contributed by atoms with Crippen molar-refractivity contribution in [2.75, 3.05) is 0 Å². The van der Waals surface area contributed by atoms with Gasteiger partial charge < -0.3 is 4.57 Å². The van der Waals surface area contributed by atoms with Gasteiger partial charge in [-0.1, -0.05) is 178 Å². The lowest BCUT2D eigenvalue weighted by molar-refractivity contribution is 0.491. The molecule has 61 heavy (non-hydrogen) atoms. The lowest BCUT2D eigenvalue weighted by Gasteiger charge is -2.36. The second-order valence-electron chi connectivity index (χ2n) is 16.5. The van der Waals surface area contributed by atoms with Crippen LogP contribution in [0.5, 0.6) is 0 Å². The maximum Gasteiger partial charge on any atom is 0.179 e. The molecular weight excluding hydrogens is 753 g/mol. The van der Waals surface area contributed by atoms with E-state index in [2.05, 4.69) is 224 Å². The number of fused-ring (bicyclic) bond motifs is 6. The summed E-state index contributed by atoms with van der Waals surface area (Å²) in [5, 5.41) is 8.17. The molecular formula is C58H46N2Si. The number of benzene rings is 8. The minimum absolute atomic E-state index is 0.108. The first-order chi connectivity index (χ1) is 30.1. The highest BCUT2D eigenvalue weighted by atomic mass is 28.3. The Hall–Kier alpha value is -7.07. The van der Waals surface area contributed by atoms with Gasteiger partial charge in [-0.05, 0) is 121 Å². The molecule has 0 fully saturated rings. The minimum atomic E-state index is -2.69. The van der Waals surface area contributed by atoms with Gasteiger partial charge in [-0.3, -0.25) is 4.98 Å². The number of nitrogens with zero attached hydrogens (tertiary/aromatic N) is 2. The van der Waals surface area contributed by atoms with Crippen molar-refractivity contribution in [1.82, 2.24) is 9.55 Å². The van der Waals surface area contributed by atoms with Crippen molar-refractivity contribution < 1.29 is 0 Å². The zero-order valence-electron chi connectivity index (χ0n) is 34.6. The molecule has 11 rings (SSSR count). The molecule has 3 heteroatoms. The van der Waals surface area contributed by atoms with E-state index in [0.29, 0.717) is 0 Å². The van der Waals surface area contributed by atoms with Crippen LogP contribution < -0.4 is 20.7 Å². The molecule has 1 aliphatic rings. The summed E-state index contributed by atoms with van der Waals surface area (Å²) >= 11 is 0. The van der Waals surface area contributed by atoms with Crippen LogP contribution in [0.4, 0.5) is 0 Å². The summed E-state index contributed by atoms with van der Waals surface area (Å²) in [6.45, 7) is 4.78. The lowest BCUT2D eigenvalue weighted by Crippen LogP contribution is -2.74. The first kappa shape index (κ1) is 37.0. The van der Waals surface area contributed by atoms with Crippen molar-refractivity contribution in [3.8, 4) is 39.1 Å². The van der Waals surface area contributed by atoms with Crippen molar-refractivity contribution in [1.29, 1.82) is 0 Å². The zero-order valence-corrected chi connectivity index (χ0v) is 35.6. The van der Waals surface area contributed by atoms with Crippen molar-refractivity contribution >= 4 is 50.6 Å². The third-order valence-corrected chi connectivity index (χ3v) is 18.5. The van der Waals surface area contributed by atoms with Crippen molar-refractivity contribution in [2.45, 2.75) is 32.1 Å². The van der Waals surface area contributed by atoms with Crippen LogP contribution in [0, 0.1) is 0 Å². The first-order valence-corrected chi connectivity index (χ1v) is 23.6. The second kappa shape index (κ2) is 14.9. The van der Waals surface area contributed by atoms with E-state index in [1.807, 2.05) is 18.5 Å². The highest BCUT2D eigenvalue weighted by Gasteiger charge is 2.45. The van der Waals surface area contributed by atoms with Crippen LogP contribution in [0.2, 0.25) is 0 Å². The van der Waals surface area contributed by atoms with Crippen LogP contribution in [0.3, 0.4) is 0 Å². The molecule has 0 N–H and O–H groups in total. The van der Waals surface area contributed by atoms with E-state index in [4.69, 9.17) is 0 Å². The van der Waals surface area contributed by atoms with Crippen LogP contribution in [0.15, 0.2) is 219 Å². The quantitative estimate of drug-likeness (QED) is 0.105. The number of hydrogen-bond donors (Lipinski definition) is 0. The summed E-state index contributed by atoms with van der Waals surface area (Å²) in [4.78, 5) is 4.34. The Balaban J connectivity index is 1.04. The maximum atomic E-state index is 4.34. The molecule has 2 aromatic heterocycles. The first-order valence-electron chi connectivity index (χ1n) is 21.6. The van der Waals surface area contributed by atoms with Gasteiger partial charge in [-0.2, -0.15) is 0 Å². The van der Waals surface area contributed by atoms with Crippen molar-refractivity contribution in [3.05, 3.63) is 230 Å². The van der Waals surface area contributed by atoms with E-state index in [0.717, 1.165) is 29.7 Å². The van der Waals surface area contributed by atoms with Crippen LogP contribution >= 0.6 is 0 Å². The summed E-state index contributed by atoms with van der Waals surface area (Å²) in [5.74, 6) is 0. The molecule has 0 bridgehead atoms. The number of rotatable bonds is 9. The molecule has 292 valence electrons. The van der Waals surface area contributed by atoms with E-state index in [1.54, 1.807) is 0 Å². The fraction of sp³-hybridized carbons (Fsp3) is 0.0862. The van der Waals surface area contributed by atoms with Gasteiger partial charge >= 0.3 is 0 Å². The molecule has 2 nitrogen and oxygen atoms in total. The Kier molecular flexibility index (Phi) is 9.02. The summed E-state index contributed by atoms with van der Waals surface area (Å²) in [7, 11) is -2.69. The monoisotopic (exact) mass is 798 g/mol. The van der Waals surface area contributed by atoms with Gasteiger partial charge in [0.2, 0.25) is 0 Å². The summed E-state index contributed by atoms with van der Waals surface area (Å²) in [5.41, 5.74) is 13.9. The highest BCUT2D eigenvalue weighted by molar-refractivity contribution is 7.19. The molecule has 0 saturated carbocycles. The van der Waals surface area contributed by atoms with Crippen LogP contribution in [-0.4, -0.2) is 17.6 Å². The van der Waals surface area contributed by atoms with E-state index in [9.17, 15) is 0 Å². The molecule has 0 aliphatic heterocycles. The molecule has 0 unspecified atom stereocenters. The predicted molar refractivity (Wildman–Crippen MR) is 260 cm³/mol. The standard InChI is InChI=1S/C58H46N2Si/c1-3-58(4-2)54-38-43(42-29-35-57-53(37-42)52-24-14-15-25-56(52)60(57)45-30-26-41(27-31-45)44-17-16-36-59-40-44)28-33-50(54)51-34-32-49(39-55(51)58)61(46-18-8-5-9-19-46,47-20-10-6-11-21-47)48-22-12-7-13-23-48/h5-40H,3-4H2,1-2H3. The molecule has 10 aromatic rings. The number of pyridine rings is 1. The molecule has 0 radical (unpaired) electrons. The Morgan fingerprint density at radius 1 is 0.426 bits per heavy atom. The highest BCUT2D eigenvalue weighted by Crippen LogP contribution is 2.53. The van der Waals surface area contributed by atoms with E-state index in [1.165, 1.54) is 75.9 Å². The van der Waals surface area contributed by atoms with Gasteiger partial charge in [0.1, 0.15) is 0 Å². The Morgan fingerprint density at radius 2 is 0.967 bits per heavy atom. The Morgan fingerprint density at radius 3 is 1.59 bits per heavy atom. The SMILES string of the molecule is CCC1(CC)c2cc(-c3ccc4c(c3)c3ccccc3n4-c3ccc(-c4cccnc4)cc3)ccc2-c2ccc([Si](c3ccccc3)(c3ccccc3)c3ccccc3)cc21. The maximum absolute atomic E-state index is 4.34. The van der Waals surface area contributed by atoms with Crippen LogP contribution in [-0.2, 0) is 5.41 Å². The Labute approximate surface area is 359 Å². The van der Waals surface area contributed by atoms with Gasteiger partial charge in [0, 0.05) is 34.3 Å². The number of para-hydroxylation sites is 1. The van der Waals surface area contributed by atoms with Gasteiger partial charge in [-0.15, -0.1) is 0 Å². The summed E-state index contributed by atoms with van der Waals surface area (Å²) in [6.07, 6.45) is 5.80. The normalized spacial score (nSPS) is 13.0. The molecule has 0 atom stereocenters. The molecule has 8 aromatic carbocycles. The Bertz CT molecular complexity index is 3090. The topological polar surface area (TPSA) is 17.8 Å². The fourth-order valence-corrected chi connectivity index (χ4v) is 15.5. The third-order valence-electron chi connectivity index (χ3n) is 13.7. The van der Waals surface area contributed by atoms with Gasteiger partial charge in [-0.25, -0.2) is 0 Å². The zero-order chi connectivity index (χ0) is 41.0. The average molecular weight is 799 g/mol. The van der Waals surface area contributed by atoms with Gasteiger partial charge in [0.25, 0.3) is 0 Å². The van der Waals surface area contributed by atoms with Gasteiger partial charge in [0.05, 0.1) is 11.0 Å². The predicted octanol–water partition coefficient (Wildman–Crippen LogP) is 12.0. The smallest absolute Gasteiger partial charge is 0.179 e. The lowest BCUT2D eigenvalue weighted by atomic mass is 9.73. The van der Waals surface area contributed by atoms with E-state index in [-0.39, 0.29) is 5.41 Å². The summed E-state index contributed by atoms with van der Waals surface area (Å²) in [6, 6.07) is 77.6. The van der Waals surface area contributed by atoms with Gasteiger partial charge in [0.15, 0.2) is 8.07 Å². The molecule has 0 amide bonds. The molecule has 1 aliphatic carbocycles. The second-order valence-corrected chi connectivity index (χ2v) is 20.3. The number of hydrogen-bond acceptors (Lipinski definition) is 1. The van der Waals surface area contributed by atoms with Crippen LogP contribution in [0.25, 0.3) is 60.9 Å². The molecule has 2 heterocycles. The van der Waals surface area contributed by atoms with Crippen LogP contribution in [0.1, 0.15) is 37.8 Å². The third kappa shape index (κ3) is 5.72. The average Bonchev–Trinajstić information content (AvgIpc) is 3.82. The number of aromatic nitrogens is 2. The van der Waals surface area contributed by atoms with E-state index >= 15 is 0 Å².